The lowest BCUT2D eigenvalue weighted by molar-refractivity contribution is -0.103. The van der Waals surface area contributed by atoms with Crippen LogP contribution in [0.2, 0.25) is 0 Å². The second kappa shape index (κ2) is 5.35. The minimum absolute atomic E-state index is 0.646. The van der Waals surface area contributed by atoms with E-state index >= 15 is 0 Å². The molecule has 6 atom stereocenters. The zero-order valence-electron chi connectivity index (χ0n) is 15.1. The van der Waals surface area contributed by atoms with Gasteiger partial charge in [0.25, 0.3) is 0 Å². The van der Waals surface area contributed by atoms with Crippen LogP contribution in [0.1, 0.15) is 78.1 Å². The molecular formula is C21H34S2. The second-order valence-electron chi connectivity index (χ2n) is 10.1. The fraction of sp³-hybridized carbons (Fsp3) is 1.00. The molecule has 0 aromatic rings. The van der Waals surface area contributed by atoms with Gasteiger partial charge in [-0.1, -0.05) is 20.3 Å². The minimum Gasteiger partial charge on any atom is -0.143 e. The standard InChI is InChI=1S/C21H34S2/c1-19-8-3-4-17(19)16-6-5-15-14-21(22-12-13-23-21)11-10-20(15,2)18(16)7-9-19/h15-18H,3-14H2,1-2H3/t15-,16-,17+,18-,19+,20-/m0/s1. The van der Waals surface area contributed by atoms with Gasteiger partial charge in [-0.05, 0) is 92.3 Å². The molecule has 0 unspecified atom stereocenters. The number of thioether (sulfide) groups is 2. The SMILES string of the molecule is C[C@]12CCC[C@@H]1[C@@H]1CC[C@H]3CC4(CC[C@]3(C)[C@H]1CC2)SCCS4. The predicted molar refractivity (Wildman–Crippen MR) is 104 cm³/mol. The Morgan fingerprint density at radius 1 is 0.783 bits per heavy atom. The van der Waals surface area contributed by atoms with Crippen molar-refractivity contribution in [3.05, 3.63) is 0 Å². The monoisotopic (exact) mass is 350 g/mol. The average Bonchev–Trinajstić information content (AvgIpc) is 3.15. The van der Waals surface area contributed by atoms with E-state index in [0.29, 0.717) is 9.49 Å². The molecular weight excluding hydrogens is 316 g/mol. The van der Waals surface area contributed by atoms with Crippen molar-refractivity contribution in [2.75, 3.05) is 11.5 Å². The second-order valence-corrected chi connectivity index (χ2v) is 13.3. The minimum atomic E-state index is 0.646. The largest absolute Gasteiger partial charge is 0.143 e. The van der Waals surface area contributed by atoms with Gasteiger partial charge in [0.1, 0.15) is 0 Å². The van der Waals surface area contributed by atoms with Crippen molar-refractivity contribution in [3.63, 3.8) is 0 Å². The van der Waals surface area contributed by atoms with E-state index in [2.05, 4.69) is 37.4 Å². The Labute approximate surface area is 151 Å². The Morgan fingerprint density at radius 3 is 2.43 bits per heavy atom. The Bertz CT molecular complexity index is 482. The van der Waals surface area contributed by atoms with Crippen LogP contribution in [0.5, 0.6) is 0 Å². The van der Waals surface area contributed by atoms with Gasteiger partial charge in [0.2, 0.25) is 0 Å². The molecule has 0 amide bonds. The summed E-state index contributed by atoms with van der Waals surface area (Å²) in [4.78, 5) is 0. The summed E-state index contributed by atoms with van der Waals surface area (Å²) in [5.41, 5.74) is 1.43. The molecule has 5 aliphatic rings. The van der Waals surface area contributed by atoms with Crippen LogP contribution >= 0.6 is 23.5 Å². The van der Waals surface area contributed by atoms with Gasteiger partial charge < -0.3 is 0 Å². The third-order valence-electron chi connectivity index (χ3n) is 9.26. The molecule has 1 saturated heterocycles. The highest BCUT2D eigenvalue weighted by molar-refractivity contribution is 8.21. The van der Waals surface area contributed by atoms with Crippen LogP contribution in [-0.4, -0.2) is 15.6 Å². The van der Waals surface area contributed by atoms with Gasteiger partial charge in [-0.2, -0.15) is 0 Å². The summed E-state index contributed by atoms with van der Waals surface area (Å²) in [6, 6.07) is 0. The van der Waals surface area contributed by atoms with E-state index in [9.17, 15) is 0 Å². The van der Waals surface area contributed by atoms with Crippen molar-refractivity contribution < 1.29 is 0 Å². The molecule has 0 nitrogen and oxygen atoms in total. The molecule has 2 heteroatoms. The first-order valence-electron chi connectivity index (χ1n) is 10.3. The third-order valence-corrected chi connectivity index (χ3v) is 12.8. The maximum Gasteiger partial charge on any atom is 0.0614 e. The number of hydrogen-bond donors (Lipinski definition) is 0. The van der Waals surface area contributed by atoms with Crippen LogP contribution in [0.3, 0.4) is 0 Å². The van der Waals surface area contributed by atoms with Crippen LogP contribution < -0.4 is 0 Å². The van der Waals surface area contributed by atoms with Gasteiger partial charge in [0, 0.05) is 11.5 Å². The molecule has 0 aromatic carbocycles. The molecule has 23 heavy (non-hydrogen) atoms. The molecule has 0 aromatic heterocycles. The number of rotatable bonds is 0. The lowest BCUT2D eigenvalue weighted by Crippen LogP contribution is -2.54. The van der Waals surface area contributed by atoms with E-state index < -0.39 is 0 Å². The van der Waals surface area contributed by atoms with Crippen molar-refractivity contribution in [1.29, 1.82) is 0 Å². The molecule has 1 spiro atoms. The first kappa shape index (κ1) is 15.9. The number of hydrogen-bond acceptors (Lipinski definition) is 2. The first-order chi connectivity index (χ1) is 11.0. The van der Waals surface area contributed by atoms with Gasteiger partial charge >= 0.3 is 0 Å². The van der Waals surface area contributed by atoms with E-state index in [0.717, 1.165) is 29.1 Å². The summed E-state index contributed by atoms with van der Waals surface area (Å²) >= 11 is 4.65. The topological polar surface area (TPSA) is 0 Å². The molecule has 5 fully saturated rings. The first-order valence-corrected chi connectivity index (χ1v) is 12.3. The fourth-order valence-corrected chi connectivity index (χ4v) is 11.3. The molecule has 4 aliphatic carbocycles. The van der Waals surface area contributed by atoms with Gasteiger partial charge in [0.15, 0.2) is 0 Å². The molecule has 1 aliphatic heterocycles. The summed E-state index contributed by atoms with van der Waals surface area (Å²) in [6.07, 6.45) is 15.5. The lowest BCUT2D eigenvalue weighted by atomic mass is 9.45. The Balaban J connectivity index is 1.41. The molecule has 0 bridgehead atoms. The maximum atomic E-state index is 2.74. The molecule has 0 N–H and O–H groups in total. The Morgan fingerprint density at radius 2 is 1.61 bits per heavy atom. The van der Waals surface area contributed by atoms with Gasteiger partial charge in [-0.15, -0.1) is 23.5 Å². The van der Waals surface area contributed by atoms with Crippen LogP contribution in [0.4, 0.5) is 0 Å². The normalized spacial score (nSPS) is 54.5. The Kier molecular flexibility index (Phi) is 3.70. The summed E-state index contributed by atoms with van der Waals surface area (Å²) in [7, 11) is 0. The predicted octanol–water partition coefficient (Wildman–Crippen LogP) is 6.60. The molecule has 0 radical (unpaired) electrons. The summed E-state index contributed by atoms with van der Waals surface area (Å²) in [6.45, 7) is 5.39. The highest BCUT2D eigenvalue weighted by Crippen LogP contribution is 2.69. The number of fused-ring (bicyclic) bond motifs is 5. The highest BCUT2D eigenvalue weighted by Gasteiger charge is 2.59. The van der Waals surface area contributed by atoms with Crippen LogP contribution in [0.25, 0.3) is 0 Å². The zero-order chi connectivity index (χ0) is 15.7. The molecule has 130 valence electrons. The quantitative estimate of drug-likeness (QED) is 0.483. The van der Waals surface area contributed by atoms with Crippen LogP contribution in [0.15, 0.2) is 0 Å². The van der Waals surface area contributed by atoms with Crippen LogP contribution in [-0.2, 0) is 0 Å². The molecule has 4 saturated carbocycles. The van der Waals surface area contributed by atoms with E-state index in [4.69, 9.17) is 0 Å². The van der Waals surface area contributed by atoms with Crippen molar-refractivity contribution in [2.24, 2.45) is 34.5 Å². The summed E-state index contributed by atoms with van der Waals surface area (Å²) in [5, 5.41) is 0. The summed E-state index contributed by atoms with van der Waals surface area (Å²) < 4.78 is 0.646. The van der Waals surface area contributed by atoms with Gasteiger partial charge in [-0.3, -0.25) is 0 Å². The van der Waals surface area contributed by atoms with Crippen molar-refractivity contribution in [1.82, 2.24) is 0 Å². The molecule has 1 heterocycles. The molecule has 5 rings (SSSR count). The van der Waals surface area contributed by atoms with E-state index in [1.165, 1.54) is 30.8 Å². The zero-order valence-corrected chi connectivity index (χ0v) is 16.7. The van der Waals surface area contributed by atoms with Gasteiger partial charge in [-0.25, -0.2) is 0 Å². The highest BCUT2D eigenvalue weighted by atomic mass is 32.2. The fourth-order valence-electron chi connectivity index (χ4n) is 7.95. The van der Waals surface area contributed by atoms with Crippen molar-refractivity contribution >= 4 is 23.5 Å². The smallest absolute Gasteiger partial charge is 0.0614 e. The average molecular weight is 351 g/mol. The van der Waals surface area contributed by atoms with E-state index in [-0.39, 0.29) is 0 Å². The van der Waals surface area contributed by atoms with Gasteiger partial charge in [0.05, 0.1) is 4.08 Å². The van der Waals surface area contributed by atoms with Crippen molar-refractivity contribution in [2.45, 2.75) is 82.1 Å². The van der Waals surface area contributed by atoms with E-state index in [1.54, 1.807) is 44.9 Å². The lowest BCUT2D eigenvalue weighted by Gasteiger charge is -2.61. The van der Waals surface area contributed by atoms with Crippen LogP contribution in [0, 0.1) is 34.5 Å². The van der Waals surface area contributed by atoms with Crippen molar-refractivity contribution in [3.8, 4) is 0 Å². The summed E-state index contributed by atoms with van der Waals surface area (Å²) in [5.74, 6) is 7.13. The maximum absolute atomic E-state index is 2.74. The Hall–Kier alpha value is 0.700. The van der Waals surface area contributed by atoms with E-state index in [1.807, 2.05) is 0 Å². The third kappa shape index (κ3) is 2.25.